The molecule has 31 heavy (non-hydrogen) atoms. The molecule has 9 heteroatoms. The number of halogens is 3. The number of rotatable bonds is 5. The van der Waals surface area contributed by atoms with E-state index in [2.05, 4.69) is 10.1 Å². The fraction of sp³-hybridized carbons (Fsp3) is 0.227. The summed E-state index contributed by atoms with van der Waals surface area (Å²) in [6.07, 6.45) is 0.404. The second-order valence-corrected chi connectivity index (χ2v) is 8.78. The van der Waals surface area contributed by atoms with E-state index < -0.39 is 0 Å². The number of aliphatic hydroxyl groups is 1. The van der Waals surface area contributed by atoms with Crippen molar-refractivity contribution in [3.8, 4) is 5.69 Å². The molecule has 0 fully saturated rings. The highest BCUT2D eigenvalue weighted by Gasteiger charge is 2.22. The van der Waals surface area contributed by atoms with Gasteiger partial charge in [-0.2, -0.15) is 5.10 Å². The maximum Gasteiger partial charge on any atom is 0.262 e. The van der Waals surface area contributed by atoms with Crippen molar-refractivity contribution in [1.29, 1.82) is 0 Å². The summed E-state index contributed by atoms with van der Waals surface area (Å²) in [7, 11) is 0. The van der Waals surface area contributed by atoms with Crippen molar-refractivity contribution >= 4 is 45.8 Å². The van der Waals surface area contributed by atoms with Gasteiger partial charge in [0.25, 0.3) is 5.56 Å². The van der Waals surface area contributed by atoms with Crippen molar-refractivity contribution in [1.82, 2.24) is 19.7 Å². The molecule has 0 saturated carbocycles. The maximum atomic E-state index is 13.0. The number of H-pyrrole nitrogens is 1. The lowest BCUT2D eigenvalue weighted by atomic mass is 10.1. The number of aromatic amines is 1. The number of aromatic nitrogens is 4. The summed E-state index contributed by atoms with van der Waals surface area (Å²) >= 11 is 18.9. The molecule has 0 aliphatic rings. The Kier molecular flexibility index (Phi) is 6.08. The van der Waals surface area contributed by atoms with E-state index in [1.54, 1.807) is 12.1 Å². The average molecular weight is 478 g/mol. The van der Waals surface area contributed by atoms with Gasteiger partial charge in [0.15, 0.2) is 5.65 Å². The Morgan fingerprint density at radius 1 is 1.06 bits per heavy atom. The minimum absolute atomic E-state index is 0.0200. The SMILES string of the molecule is CC(C)c1nn(-c2c(Cl)cc(Cl)cc2Cl)c2nc(Cc3ccc(CO)cc3)[nH]c(=O)c12. The molecule has 0 saturated heterocycles. The zero-order chi connectivity index (χ0) is 22.3. The van der Waals surface area contributed by atoms with Crippen LogP contribution in [0.15, 0.2) is 41.2 Å². The van der Waals surface area contributed by atoms with E-state index in [1.807, 2.05) is 38.1 Å². The average Bonchev–Trinajstić information content (AvgIpc) is 3.08. The van der Waals surface area contributed by atoms with E-state index in [1.165, 1.54) is 4.68 Å². The van der Waals surface area contributed by atoms with E-state index in [9.17, 15) is 9.90 Å². The first-order chi connectivity index (χ1) is 14.8. The maximum absolute atomic E-state index is 13.0. The molecule has 0 aliphatic heterocycles. The number of hydrogen-bond acceptors (Lipinski definition) is 4. The van der Waals surface area contributed by atoms with Crippen LogP contribution in [-0.2, 0) is 13.0 Å². The van der Waals surface area contributed by atoms with Gasteiger partial charge in [0.1, 0.15) is 16.9 Å². The van der Waals surface area contributed by atoms with Gasteiger partial charge in [-0.15, -0.1) is 0 Å². The lowest BCUT2D eigenvalue weighted by Gasteiger charge is -2.09. The van der Waals surface area contributed by atoms with Gasteiger partial charge >= 0.3 is 0 Å². The van der Waals surface area contributed by atoms with Crippen molar-refractivity contribution < 1.29 is 5.11 Å². The minimum atomic E-state index is -0.275. The number of hydrogen-bond donors (Lipinski definition) is 2. The smallest absolute Gasteiger partial charge is 0.262 e. The third-order valence-corrected chi connectivity index (χ3v) is 5.73. The van der Waals surface area contributed by atoms with Crippen molar-refractivity contribution in [3.63, 3.8) is 0 Å². The van der Waals surface area contributed by atoms with Crippen molar-refractivity contribution in [2.75, 3.05) is 0 Å². The Labute approximate surface area is 193 Å². The number of benzene rings is 2. The van der Waals surface area contributed by atoms with Crippen LogP contribution in [0.4, 0.5) is 0 Å². The van der Waals surface area contributed by atoms with Crippen LogP contribution in [0, 0.1) is 0 Å². The van der Waals surface area contributed by atoms with Crippen molar-refractivity contribution in [2.45, 2.75) is 32.8 Å². The van der Waals surface area contributed by atoms with Crippen molar-refractivity contribution in [2.24, 2.45) is 0 Å². The summed E-state index contributed by atoms with van der Waals surface area (Å²) in [5, 5.41) is 15.3. The molecule has 0 unspecified atom stereocenters. The summed E-state index contributed by atoms with van der Waals surface area (Å²) in [6, 6.07) is 10.6. The molecule has 2 N–H and O–H groups in total. The van der Waals surface area contributed by atoms with Gasteiger partial charge < -0.3 is 10.1 Å². The molecule has 0 amide bonds. The molecule has 0 atom stereocenters. The molecule has 0 bridgehead atoms. The molecule has 160 valence electrons. The predicted octanol–water partition coefficient (Wildman–Crippen LogP) is 5.28. The summed E-state index contributed by atoms with van der Waals surface area (Å²) in [6.45, 7) is 3.88. The summed E-state index contributed by atoms with van der Waals surface area (Å²) < 4.78 is 1.51. The van der Waals surface area contributed by atoms with Gasteiger partial charge in [0.2, 0.25) is 0 Å². The van der Waals surface area contributed by atoms with Crippen LogP contribution in [0.5, 0.6) is 0 Å². The van der Waals surface area contributed by atoms with E-state index in [4.69, 9.17) is 39.8 Å². The second kappa shape index (κ2) is 8.63. The molecule has 4 rings (SSSR count). The van der Waals surface area contributed by atoms with Gasteiger partial charge in [-0.1, -0.05) is 72.9 Å². The monoisotopic (exact) mass is 476 g/mol. The van der Waals surface area contributed by atoms with Gasteiger partial charge in [-0.3, -0.25) is 4.79 Å². The van der Waals surface area contributed by atoms with Gasteiger partial charge in [0, 0.05) is 11.4 Å². The summed E-state index contributed by atoms with van der Waals surface area (Å²) in [4.78, 5) is 20.6. The number of fused-ring (bicyclic) bond motifs is 1. The fourth-order valence-electron chi connectivity index (χ4n) is 3.43. The first-order valence-electron chi connectivity index (χ1n) is 9.64. The second-order valence-electron chi connectivity index (χ2n) is 7.53. The van der Waals surface area contributed by atoms with Crippen LogP contribution in [0.25, 0.3) is 16.7 Å². The number of nitrogens with one attached hydrogen (secondary N) is 1. The van der Waals surface area contributed by atoms with Crippen LogP contribution < -0.4 is 5.56 Å². The molecular weight excluding hydrogens is 459 g/mol. The quantitative estimate of drug-likeness (QED) is 0.410. The molecule has 2 aromatic carbocycles. The summed E-state index contributed by atoms with van der Waals surface area (Å²) in [5.41, 5.74) is 2.87. The lowest BCUT2D eigenvalue weighted by molar-refractivity contribution is 0.282. The van der Waals surface area contributed by atoms with E-state index in [0.29, 0.717) is 49.7 Å². The molecule has 6 nitrogen and oxygen atoms in total. The normalized spacial score (nSPS) is 11.6. The third-order valence-electron chi connectivity index (χ3n) is 4.93. The Balaban J connectivity index is 1.91. The lowest BCUT2D eigenvalue weighted by Crippen LogP contribution is -2.14. The van der Waals surface area contributed by atoms with Crippen molar-refractivity contribution in [3.05, 3.63) is 84.5 Å². The Hall–Kier alpha value is -2.38. The molecular formula is C22H19Cl3N4O2. The van der Waals surface area contributed by atoms with Crippen LogP contribution in [-0.4, -0.2) is 24.9 Å². The molecule has 4 aromatic rings. The van der Waals surface area contributed by atoms with Crippen LogP contribution in [0.1, 0.15) is 42.4 Å². The number of aliphatic hydroxyl groups excluding tert-OH is 1. The zero-order valence-electron chi connectivity index (χ0n) is 16.8. The largest absolute Gasteiger partial charge is 0.392 e. The molecule has 0 radical (unpaired) electrons. The highest BCUT2D eigenvalue weighted by atomic mass is 35.5. The first kappa shape index (κ1) is 21.8. The van der Waals surface area contributed by atoms with Gasteiger partial charge in [-0.25, -0.2) is 9.67 Å². The Bertz CT molecular complexity index is 1300. The summed E-state index contributed by atoms with van der Waals surface area (Å²) in [5.74, 6) is 0.459. The van der Waals surface area contributed by atoms with E-state index in [0.717, 1.165) is 11.1 Å². The fourth-order valence-corrected chi connectivity index (χ4v) is 4.41. The third kappa shape index (κ3) is 4.21. The molecule has 0 spiro atoms. The Morgan fingerprint density at radius 3 is 2.26 bits per heavy atom. The topological polar surface area (TPSA) is 83.8 Å². The van der Waals surface area contributed by atoms with E-state index in [-0.39, 0.29) is 18.1 Å². The van der Waals surface area contributed by atoms with Crippen LogP contribution >= 0.6 is 34.8 Å². The Morgan fingerprint density at radius 2 is 1.68 bits per heavy atom. The van der Waals surface area contributed by atoms with Crippen LogP contribution in [0.2, 0.25) is 15.1 Å². The standard InChI is InChI=1S/C22H19Cl3N4O2/c1-11(2)19-18-21(29(28-19)20-15(24)8-14(23)9-16(20)25)26-17(27-22(18)31)7-12-3-5-13(10-30)6-4-12/h3-6,8-9,11,30H,7,10H2,1-2H3,(H,26,27,31). The highest BCUT2D eigenvalue weighted by Crippen LogP contribution is 2.34. The highest BCUT2D eigenvalue weighted by molar-refractivity contribution is 6.40. The number of nitrogens with zero attached hydrogens (tertiary/aromatic N) is 3. The van der Waals surface area contributed by atoms with E-state index >= 15 is 0 Å². The molecule has 2 aromatic heterocycles. The minimum Gasteiger partial charge on any atom is -0.392 e. The van der Waals surface area contributed by atoms with Gasteiger partial charge in [0.05, 0.1) is 22.3 Å². The molecule has 2 heterocycles. The van der Waals surface area contributed by atoms with Crippen LogP contribution in [0.3, 0.4) is 0 Å². The first-order valence-corrected chi connectivity index (χ1v) is 10.8. The van der Waals surface area contributed by atoms with Gasteiger partial charge in [-0.05, 0) is 29.2 Å². The zero-order valence-corrected chi connectivity index (χ0v) is 19.1. The predicted molar refractivity (Wildman–Crippen MR) is 124 cm³/mol. The molecule has 0 aliphatic carbocycles.